The summed E-state index contributed by atoms with van der Waals surface area (Å²) in [6.07, 6.45) is 3.47. The van der Waals surface area contributed by atoms with Crippen molar-refractivity contribution in [2.45, 2.75) is 26.7 Å². The maximum absolute atomic E-state index is 12.7. The Bertz CT molecular complexity index is 853. The molecule has 1 aliphatic rings. The van der Waals surface area contributed by atoms with E-state index in [2.05, 4.69) is 0 Å². The van der Waals surface area contributed by atoms with Gasteiger partial charge in [0, 0.05) is 6.54 Å². The van der Waals surface area contributed by atoms with Gasteiger partial charge in [0.05, 0.1) is 11.1 Å². The smallest absolute Gasteiger partial charge is 0.257 e. The van der Waals surface area contributed by atoms with Crippen LogP contribution in [0.25, 0.3) is 6.08 Å². The van der Waals surface area contributed by atoms with Crippen LogP contribution in [0.1, 0.15) is 28.7 Å². The van der Waals surface area contributed by atoms with E-state index in [1.807, 2.05) is 56.3 Å². The maximum Gasteiger partial charge on any atom is 0.257 e. The Morgan fingerprint density at radius 3 is 2.61 bits per heavy atom. The normalized spacial score (nSPS) is 15.0. The molecular weight excluding hydrogens is 306 g/mol. The van der Waals surface area contributed by atoms with Crippen LogP contribution in [0.2, 0.25) is 0 Å². The van der Waals surface area contributed by atoms with Gasteiger partial charge in [0.2, 0.25) is 0 Å². The Balaban J connectivity index is 1.90. The van der Waals surface area contributed by atoms with Gasteiger partial charge in [-0.3, -0.25) is 4.31 Å². The molecule has 2 aromatic carbocycles. The van der Waals surface area contributed by atoms with Crippen LogP contribution in [0.15, 0.2) is 47.9 Å². The molecular formula is C19H21NO2S. The molecule has 0 unspecified atom stereocenters. The largest absolute Gasteiger partial charge is 0.267 e. The van der Waals surface area contributed by atoms with Crippen LogP contribution in [0.3, 0.4) is 0 Å². The first kappa shape index (κ1) is 15.8. The monoisotopic (exact) mass is 327 g/mol. The number of hydrogen-bond acceptors (Lipinski definition) is 2. The Morgan fingerprint density at radius 1 is 1.04 bits per heavy atom. The summed E-state index contributed by atoms with van der Waals surface area (Å²) in [6, 6.07) is 13.7. The second-order valence-electron chi connectivity index (χ2n) is 6.00. The van der Waals surface area contributed by atoms with Crippen molar-refractivity contribution in [1.82, 2.24) is 0 Å². The van der Waals surface area contributed by atoms with Gasteiger partial charge in [0.1, 0.15) is 0 Å². The average Bonchev–Trinajstić information content (AvgIpc) is 2.55. The first-order valence-electron chi connectivity index (χ1n) is 7.83. The lowest BCUT2D eigenvalue weighted by Crippen LogP contribution is -2.33. The molecule has 2 aromatic rings. The molecule has 23 heavy (non-hydrogen) atoms. The summed E-state index contributed by atoms with van der Waals surface area (Å²) in [4.78, 5) is 0. The highest BCUT2D eigenvalue weighted by Gasteiger charge is 2.24. The maximum atomic E-state index is 12.7. The second kappa shape index (κ2) is 6.20. The molecule has 0 saturated carbocycles. The van der Waals surface area contributed by atoms with E-state index in [-0.39, 0.29) is 0 Å². The summed E-state index contributed by atoms with van der Waals surface area (Å²) < 4.78 is 26.9. The van der Waals surface area contributed by atoms with Crippen LogP contribution in [-0.2, 0) is 16.4 Å². The molecule has 1 heterocycles. The number of sulfonamides is 1. The highest BCUT2D eigenvalue weighted by molar-refractivity contribution is 7.95. The van der Waals surface area contributed by atoms with E-state index >= 15 is 0 Å². The van der Waals surface area contributed by atoms with E-state index in [9.17, 15) is 8.42 Å². The zero-order valence-electron chi connectivity index (χ0n) is 13.5. The molecule has 120 valence electrons. The van der Waals surface area contributed by atoms with Crippen LogP contribution in [-0.4, -0.2) is 15.0 Å². The lowest BCUT2D eigenvalue weighted by Gasteiger charge is -2.29. The van der Waals surface area contributed by atoms with Crippen molar-refractivity contribution in [3.63, 3.8) is 0 Å². The minimum atomic E-state index is -3.47. The van der Waals surface area contributed by atoms with Gasteiger partial charge < -0.3 is 0 Å². The molecule has 0 amide bonds. The number of aryl methyl sites for hydroxylation is 3. The van der Waals surface area contributed by atoms with Crippen molar-refractivity contribution >= 4 is 21.8 Å². The summed E-state index contributed by atoms with van der Waals surface area (Å²) in [7, 11) is -3.47. The lowest BCUT2D eigenvalue weighted by atomic mass is 10.0. The van der Waals surface area contributed by atoms with Crippen molar-refractivity contribution in [3.8, 4) is 0 Å². The zero-order valence-corrected chi connectivity index (χ0v) is 14.3. The van der Waals surface area contributed by atoms with E-state index in [1.54, 1.807) is 6.08 Å². The van der Waals surface area contributed by atoms with Gasteiger partial charge in [-0.15, -0.1) is 0 Å². The summed E-state index contributed by atoms with van der Waals surface area (Å²) in [5.74, 6) is 0. The van der Waals surface area contributed by atoms with Crippen LogP contribution in [0.4, 0.5) is 5.69 Å². The highest BCUT2D eigenvalue weighted by Crippen LogP contribution is 2.29. The van der Waals surface area contributed by atoms with Crippen molar-refractivity contribution in [2.24, 2.45) is 0 Å². The van der Waals surface area contributed by atoms with E-state index in [0.29, 0.717) is 6.54 Å². The molecule has 1 aliphatic heterocycles. The molecule has 0 N–H and O–H groups in total. The number of anilines is 1. The molecule has 0 radical (unpaired) electrons. The summed E-state index contributed by atoms with van der Waals surface area (Å²) in [5, 5.41) is 1.32. The summed E-state index contributed by atoms with van der Waals surface area (Å²) in [6.45, 7) is 4.61. The molecule has 0 aliphatic carbocycles. The molecule has 3 nitrogen and oxygen atoms in total. The topological polar surface area (TPSA) is 37.4 Å². The third-order valence-electron chi connectivity index (χ3n) is 4.34. The Hall–Kier alpha value is -2.07. The Labute approximate surface area is 138 Å². The number of nitrogens with zero attached hydrogens (tertiary/aromatic N) is 1. The van der Waals surface area contributed by atoms with Crippen LogP contribution in [0, 0.1) is 13.8 Å². The van der Waals surface area contributed by atoms with Gasteiger partial charge in [-0.25, -0.2) is 8.42 Å². The minimum absolute atomic E-state index is 0.538. The lowest BCUT2D eigenvalue weighted by molar-refractivity contribution is 0.595. The molecule has 0 spiro atoms. The first-order chi connectivity index (χ1) is 11.0. The molecule has 0 atom stereocenters. The summed E-state index contributed by atoms with van der Waals surface area (Å²) in [5.41, 5.74) is 5.18. The summed E-state index contributed by atoms with van der Waals surface area (Å²) >= 11 is 0. The minimum Gasteiger partial charge on any atom is -0.267 e. The van der Waals surface area contributed by atoms with Gasteiger partial charge in [-0.2, -0.15) is 0 Å². The molecule has 0 saturated heterocycles. The predicted molar refractivity (Wildman–Crippen MR) is 96.0 cm³/mol. The fourth-order valence-corrected chi connectivity index (χ4v) is 4.18. The Kier molecular flexibility index (Phi) is 4.26. The van der Waals surface area contributed by atoms with Crippen molar-refractivity contribution in [3.05, 3.63) is 70.1 Å². The fraction of sp³-hybridized carbons (Fsp3) is 0.263. The van der Waals surface area contributed by atoms with E-state index in [1.165, 1.54) is 15.3 Å². The van der Waals surface area contributed by atoms with Crippen LogP contribution < -0.4 is 4.31 Å². The van der Waals surface area contributed by atoms with Gasteiger partial charge >= 0.3 is 0 Å². The highest BCUT2D eigenvalue weighted by atomic mass is 32.2. The Morgan fingerprint density at radius 2 is 1.83 bits per heavy atom. The van der Waals surface area contributed by atoms with Gasteiger partial charge in [-0.05, 0) is 61.1 Å². The number of hydrogen-bond donors (Lipinski definition) is 0. The quantitative estimate of drug-likeness (QED) is 0.852. The van der Waals surface area contributed by atoms with Crippen LogP contribution in [0.5, 0.6) is 0 Å². The van der Waals surface area contributed by atoms with Crippen LogP contribution >= 0.6 is 0 Å². The number of rotatable bonds is 3. The number of para-hydroxylation sites is 1. The van der Waals surface area contributed by atoms with Crippen molar-refractivity contribution < 1.29 is 8.42 Å². The standard InChI is InChI=1S/C19H21NO2S/c1-15-9-10-17(14-16(15)2)11-13-23(21,22)20-12-5-7-18-6-3-4-8-19(18)20/h3-4,6,8-11,13-14H,5,7,12H2,1-2H3/b13-11+. The van der Waals surface area contributed by atoms with Crippen molar-refractivity contribution in [2.75, 3.05) is 10.8 Å². The van der Waals surface area contributed by atoms with Gasteiger partial charge in [-0.1, -0.05) is 36.4 Å². The number of benzene rings is 2. The fourth-order valence-electron chi connectivity index (χ4n) is 2.87. The van der Waals surface area contributed by atoms with E-state index < -0.39 is 10.0 Å². The number of fused-ring (bicyclic) bond motifs is 1. The van der Waals surface area contributed by atoms with Crippen molar-refractivity contribution in [1.29, 1.82) is 0 Å². The van der Waals surface area contributed by atoms with E-state index in [4.69, 9.17) is 0 Å². The SMILES string of the molecule is Cc1ccc(/C=C/S(=O)(=O)N2CCCc3ccccc32)cc1C. The molecule has 0 fully saturated rings. The molecule has 4 heteroatoms. The molecule has 0 aromatic heterocycles. The predicted octanol–water partition coefficient (Wildman–Crippen LogP) is 4.06. The second-order valence-corrected chi connectivity index (χ2v) is 7.74. The molecule has 0 bridgehead atoms. The average molecular weight is 327 g/mol. The first-order valence-corrected chi connectivity index (χ1v) is 9.34. The zero-order chi connectivity index (χ0) is 16.4. The van der Waals surface area contributed by atoms with Gasteiger partial charge in [0.25, 0.3) is 10.0 Å². The molecule has 3 rings (SSSR count). The third-order valence-corrected chi connectivity index (χ3v) is 5.81. The van der Waals surface area contributed by atoms with Gasteiger partial charge in [0.15, 0.2) is 0 Å². The van der Waals surface area contributed by atoms with E-state index in [0.717, 1.165) is 35.2 Å². The third kappa shape index (κ3) is 3.32.